The van der Waals surface area contributed by atoms with E-state index in [0.29, 0.717) is 12.1 Å². The summed E-state index contributed by atoms with van der Waals surface area (Å²) in [5.41, 5.74) is -0.321. The number of rotatable bonds is 7. The van der Waals surface area contributed by atoms with Gasteiger partial charge < -0.3 is 4.90 Å². The van der Waals surface area contributed by atoms with E-state index in [1.165, 1.54) is 0 Å². The summed E-state index contributed by atoms with van der Waals surface area (Å²) in [6, 6.07) is 3.74. The highest BCUT2D eigenvalue weighted by atomic mass is 15.3. The van der Waals surface area contributed by atoms with Crippen LogP contribution >= 0.6 is 0 Å². The van der Waals surface area contributed by atoms with E-state index in [9.17, 15) is 5.26 Å². The van der Waals surface area contributed by atoms with Crippen LogP contribution in [0.1, 0.15) is 47.0 Å². The summed E-state index contributed by atoms with van der Waals surface area (Å²) >= 11 is 0. The average molecular weight is 280 g/mol. The fourth-order valence-electron chi connectivity index (χ4n) is 3.20. The van der Waals surface area contributed by atoms with Gasteiger partial charge in [0.2, 0.25) is 0 Å². The van der Waals surface area contributed by atoms with E-state index in [1.54, 1.807) is 0 Å². The van der Waals surface area contributed by atoms with Crippen LogP contribution in [0.2, 0.25) is 0 Å². The van der Waals surface area contributed by atoms with Gasteiger partial charge in [-0.1, -0.05) is 13.8 Å². The number of piperazine rings is 1. The number of nitrogens with zero attached hydrogens (tertiary/aromatic N) is 3. The zero-order valence-electron chi connectivity index (χ0n) is 13.9. The molecule has 116 valence electrons. The molecular weight excluding hydrogens is 248 g/mol. The molecule has 1 saturated heterocycles. The molecule has 4 nitrogen and oxygen atoms in total. The molecule has 0 spiro atoms. The van der Waals surface area contributed by atoms with E-state index >= 15 is 0 Å². The summed E-state index contributed by atoms with van der Waals surface area (Å²) in [6.45, 7) is 13.0. The van der Waals surface area contributed by atoms with Crippen molar-refractivity contribution < 1.29 is 0 Å². The van der Waals surface area contributed by atoms with Gasteiger partial charge in [-0.25, -0.2) is 0 Å². The molecule has 1 aliphatic rings. The molecule has 0 aromatic carbocycles. The number of nitrogens with one attached hydrogen (secondary N) is 1. The Morgan fingerprint density at radius 3 is 2.30 bits per heavy atom. The summed E-state index contributed by atoms with van der Waals surface area (Å²) in [5.74, 6) is 0. The second-order valence-electron chi connectivity index (χ2n) is 6.30. The van der Waals surface area contributed by atoms with Crippen molar-refractivity contribution in [3.05, 3.63) is 0 Å². The van der Waals surface area contributed by atoms with Gasteiger partial charge >= 0.3 is 0 Å². The summed E-state index contributed by atoms with van der Waals surface area (Å²) < 4.78 is 0. The highest BCUT2D eigenvalue weighted by molar-refractivity contribution is 5.06. The van der Waals surface area contributed by atoms with Crippen molar-refractivity contribution >= 4 is 0 Å². The molecule has 3 atom stereocenters. The lowest BCUT2D eigenvalue weighted by Gasteiger charge is -2.42. The van der Waals surface area contributed by atoms with Crippen molar-refractivity contribution in [3.63, 3.8) is 0 Å². The third kappa shape index (κ3) is 4.44. The van der Waals surface area contributed by atoms with Gasteiger partial charge in [-0.15, -0.1) is 0 Å². The highest BCUT2D eigenvalue weighted by Gasteiger charge is 2.28. The molecule has 0 bridgehead atoms. The predicted octanol–water partition coefficient (Wildman–Crippen LogP) is 2.07. The SMILES string of the molecule is CCNC(C#N)(CC)CCCN1CC(C)N(C)C(C)C1. The third-order valence-electron chi connectivity index (χ3n) is 4.85. The van der Waals surface area contributed by atoms with Crippen LogP contribution in [0.4, 0.5) is 0 Å². The molecule has 3 unspecified atom stereocenters. The van der Waals surface area contributed by atoms with Crippen molar-refractivity contribution in [2.45, 2.75) is 64.6 Å². The Bertz CT molecular complexity index is 313. The molecule has 1 rings (SSSR count). The maximum atomic E-state index is 9.43. The second kappa shape index (κ2) is 7.97. The first kappa shape index (κ1) is 17.4. The summed E-state index contributed by atoms with van der Waals surface area (Å²) in [4.78, 5) is 5.01. The van der Waals surface area contributed by atoms with Crippen LogP contribution in [0.5, 0.6) is 0 Å². The second-order valence-corrected chi connectivity index (χ2v) is 6.30. The van der Waals surface area contributed by atoms with Crippen LogP contribution in [0.15, 0.2) is 0 Å². The van der Waals surface area contributed by atoms with Gasteiger partial charge in [-0.2, -0.15) is 5.26 Å². The molecule has 0 aromatic rings. The third-order valence-corrected chi connectivity index (χ3v) is 4.85. The monoisotopic (exact) mass is 280 g/mol. The van der Waals surface area contributed by atoms with Crippen LogP contribution in [-0.2, 0) is 0 Å². The molecule has 0 saturated carbocycles. The van der Waals surface area contributed by atoms with E-state index < -0.39 is 0 Å². The fraction of sp³-hybridized carbons (Fsp3) is 0.938. The number of hydrogen-bond donors (Lipinski definition) is 1. The van der Waals surface area contributed by atoms with Gasteiger partial charge in [0.1, 0.15) is 5.54 Å². The molecule has 0 amide bonds. The van der Waals surface area contributed by atoms with Gasteiger partial charge in [0.05, 0.1) is 6.07 Å². The van der Waals surface area contributed by atoms with Crippen LogP contribution in [0.25, 0.3) is 0 Å². The fourth-order valence-corrected chi connectivity index (χ4v) is 3.20. The van der Waals surface area contributed by atoms with Crippen LogP contribution in [-0.4, -0.2) is 60.6 Å². The lowest BCUT2D eigenvalue weighted by atomic mass is 9.91. The first-order chi connectivity index (χ1) is 9.48. The average Bonchev–Trinajstić information content (AvgIpc) is 2.43. The maximum Gasteiger partial charge on any atom is 0.106 e. The lowest BCUT2D eigenvalue weighted by molar-refractivity contribution is 0.0582. The van der Waals surface area contributed by atoms with Crippen LogP contribution < -0.4 is 5.32 Å². The Morgan fingerprint density at radius 1 is 1.25 bits per heavy atom. The van der Waals surface area contributed by atoms with Gasteiger partial charge in [0.15, 0.2) is 0 Å². The zero-order chi connectivity index (χ0) is 15.2. The molecule has 4 heteroatoms. The minimum Gasteiger partial charge on any atom is -0.300 e. The van der Waals surface area contributed by atoms with E-state index in [2.05, 4.69) is 55.9 Å². The highest BCUT2D eigenvalue weighted by Crippen LogP contribution is 2.19. The van der Waals surface area contributed by atoms with Crippen molar-refractivity contribution in [2.24, 2.45) is 0 Å². The Labute approximate surface area is 125 Å². The summed E-state index contributed by atoms with van der Waals surface area (Å²) in [7, 11) is 2.22. The maximum absolute atomic E-state index is 9.43. The van der Waals surface area contributed by atoms with E-state index in [4.69, 9.17) is 0 Å². The Kier molecular flexibility index (Phi) is 6.94. The lowest BCUT2D eigenvalue weighted by Crippen LogP contribution is -2.55. The van der Waals surface area contributed by atoms with Gasteiger partial charge in [-0.3, -0.25) is 10.2 Å². The van der Waals surface area contributed by atoms with Gasteiger partial charge in [0, 0.05) is 25.2 Å². The molecule has 1 heterocycles. The van der Waals surface area contributed by atoms with E-state index in [1.807, 2.05) is 0 Å². The molecule has 1 N–H and O–H groups in total. The van der Waals surface area contributed by atoms with Crippen molar-refractivity contribution in [1.82, 2.24) is 15.1 Å². The van der Waals surface area contributed by atoms with Gasteiger partial charge in [-0.05, 0) is 53.2 Å². The molecule has 0 radical (unpaired) electrons. The molecular formula is C16H32N4. The molecule has 1 aliphatic heterocycles. The number of likely N-dealkylation sites (N-methyl/N-ethyl adjacent to an activating group) is 1. The Balaban J connectivity index is 2.42. The topological polar surface area (TPSA) is 42.3 Å². The Hall–Kier alpha value is -0.630. The van der Waals surface area contributed by atoms with Crippen LogP contribution in [0, 0.1) is 11.3 Å². The first-order valence-electron chi connectivity index (χ1n) is 8.08. The number of hydrogen-bond acceptors (Lipinski definition) is 4. The standard InChI is InChI=1S/C16H32N4/c1-6-16(13-17,18-7-2)9-8-10-20-11-14(3)19(5)15(4)12-20/h14-15,18H,6-12H2,1-5H3. The predicted molar refractivity (Wildman–Crippen MR) is 84.7 cm³/mol. The summed E-state index contributed by atoms with van der Waals surface area (Å²) in [6.07, 6.45) is 2.92. The normalized spacial score (nSPS) is 28.0. The van der Waals surface area contributed by atoms with Crippen molar-refractivity contribution in [1.29, 1.82) is 5.26 Å². The smallest absolute Gasteiger partial charge is 0.106 e. The number of nitriles is 1. The molecule has 0 aromatic heterocycles. The van der Waals surface area contributed by atoms with Crippen LogP contribution in [0.3, 0.4) is 0 Å². The summed E-state index contributed by atoms with van der Waals surface area (Å²) in [5, 5.41) is 12.8. The Morgan fingerprint density at radius 2 is 1.85 bits per heavy atom. The van der Waals surface area contributed by atoms with E-state index in [0.717, 1.165) is 45.4 Å². The minimum absolute atomic E-state index is 0.321. The zero-order valence-corrected chi connectivity index (χ0v) is 13.9. The molecule has 20 heavy (non-hydrogen) atoms. The quantitative estimate of drug-likeness (QED) is 0.775. The van der Waals surface area contributed by atoms with Crippen molar-refractivity contribution in [2.75, 3.05) is 33.2 Å². The van der Waals surface area contributed by atoms with Gasteiger partial charge in [0.25, 0.3) is 0 Å². The largest absolute Gasteiger partial charge is 0.300 e. The minimum atomic E-state index is -0.321. The molecule has 1 fully saturated rings. The molecule has 0 aliphatic carbocycles. The first-order valence-corrected chi connectivity index (χ1v) is 8.08. The van der Waals surface area contributed by atoms with Crippen molar-refractivity contribution in [3.8, 4) is 6.07 Å². The van der Waals surface area contributed by atoms with E-state index in [-0.39, 0.29) is 5.54 Å².